The molecule has 1 amide bonds. The van der Waals surface area contributed by atoms with Gasteiger partial charge in [-0.05, 0) is 34.7 Å². The molecule has 1 rings (SSSR count). The topological polar surface area (TPSA) is 45.2 Å². The number of amides is 1. The van der Waals surface area contributed by atoms with Crippen LogP contribution in [0.2, 0.25) is 0 Å². The maximum Gasteiger partial charge on any atom is 0.257 e. The molecular formula is C13H20BrN3OS. The van der Waals surface area contributed by atoms with Crippen molar-refractivity contribution in [3.63, 3.8) is 0 Å². The van der Waals surface area contributed by atoms with Gasteiger partial charge in [0, 0.05) is 36.6 Å². The van der Waals surface area contributed by atoms with Crippen LogP contribution in [-0.2, 0) is 0 Å². The van der Waals surface area contributed by atoms with Gasteiger partial charge in [-0.3, -0.25) is 4.79 Å². The number of carbonyl (C=O) groups is 1. The van der Waals surface area contributed by atoms with Crippen LogP contribution in [0.1, 0.15) is 23.7 Å². The minimum atomic E-state index is 0.00135. The summed E-state index contributed by atoms with van der Waals surface area (Å²) in [5.41, 5.74) is 0.617. The van der Waals surface area contributed by atoms with E-state index in [0.29, 0.717) is 11.4 Å². The van der Waals surface area contributed by atoms with Crippen LogP contribution in [0.4, 0.5) is 5.82 Å². The lowest BCUT2D eigenvalue weighted by atomic mass is 10.2. The number of halogens is 1. The highest BCUT2D eigenvalue weighted by Crippen LogP contribution is 2.19. The number of thioether (sulfide) groups is 1. The SMILES string of the molecule is CCCNc1ncc(Br)cc1C(=O)N(C)CCSC. The first kappa shape index (κ1) is 16.3. The van der Waals surface area contributed by atoms with E-state index in [1.165, 1.54) is 0 Å². The van der Waals surface area contributed by atoms with Gasteiger partial charge in [-0.15, -0.1) is 0 Å². The van der Waals surface area contributed by atoms with Crippen molar-refractivity contribution in [2.24, 2.45) is 0 Å². The normalized spacial score (nSPS) is 10.3. The second-order valence-electron chi connectivity index (χ2n) is 4.20. The Kier molecular flexibility index (Phi) is 7.23. The molecule has 1 N–H and O–H groups in total. The number of hydrogen-bond acceptors (Lipinski definition) is 4. The zero-order valence-electron chi connectivity index (χ0n) is 11.6. The first-order valence-electron chi connectivity index (χ1n) is 6.24. The molecule has 1 aromatic rings. The molecule has 0 aliphatic carbocycles. The van der Waals surface area contributed by atoms with Crippen LogP contribution in [0, 0.1) is 0 Å². The molecule has 6 heteroatoms. The summed E-state index contributed by atoms with van der Waals surface area (Å²) in [6.45, 7) is 3.63. The first-order valence-corrected chi connectivity index (χ1v) is 8.42. The Morgan fingerprint density at radius 2 is 2.32 bits per heavy atom. The third kappa shape index (κ3) is 5.03. The van der Waals surface area contributed by atoms with Crippen molar-refractivity contribution in [3.8, 4) is 0 Å². The van der Waals surface area contributed by atoms with Crippen molar-refractivity contribution in [1.29, 1.82) is 0 Å². The third-order valence-corrected chi connectivity index (χ3v) is 3.63. The zero-order chi connectivity index (χ0) is 14.3. The van der Waals surface area contributed by atoms with E-state index in [1.54, 1.807) is 22.9 Å². The van der Waals surface area contributed by atoms with Gasteiger partial charge in [0.2, 0.25) is 0 Å². The number of carbonyl (C=O) groups excluding carboxylic acids is 1. The Hall–Kier alpha value is -0.750. The lowest BCUT2D eigenvalue weighted by Gasteiger charge is -2.18. The Labute approximate surface area is 127 Å². The van der Waals surface area contributed by atoms with Crippen molar-refractivity contribution in [2.75, 3.05) is 37.5 Å². The predicted octanol–water partition coefficient (Wildman–Crippen LogP) is 3.10. The second kappa shape index (κ2) is 8.43. The Balaban J connectivity index is 2.89. The summed E-state index contributed by atoms with van der Waals surface area (Å²) in [5.74, 6) is 1.59. The van der Waals surface area contributed by atoms with E-state index >= 15 is 0 Å². The average Bonchev–Trinajstić information content (AvgIpc) is 2.42. The van der Waals surface area contributed by atoms with Gasteiger partial charge in [-0.2, -0.15) is 11.8 Å². The summed E-state index contributed by atoms with van der Waals surface area (Å²) < 4.78 is 0.816. The number of hydrogen-bond donors (Lipinski definition) is 1. The Morgan fingerprint density at radius 1 is 1.58 bits per heavy atom. The van der Waals surface area contributed by atoms with Gasteiger partial charge >= 0.3 is 0 Å². The van der Waals surface area contributed by atoms with Crippen molar-refractivity contribution < 1.29 is 4.79 Å². The van der Waals surface area contributed by atoms with Crippen LogP contribution in [0.3, 0.4) is 0 Å². The quantitative estimate of drug-likeness (QED) is 0.824. The summed E-state index contributed by atoms with van der Waals surface area (Å²) in [7, 11) is 1.82. The van der Waals surface area contributed by atoms with Gasteiger partial charge in [0.15, 0.2) is 0 Å². The smallest absolute Gasteiger partial charge is 0.257 e. The van der Waals surface area contributed by atoms with Crippen LogP contribution in [0.5, 0.6) is 0 Å². The second-order valence-corrected chi connectivity index (χ2v) is 6.10. The van der Waals surface area contributed by atoms with E-state index in [1.807, 2.05) is 19.4 Å². The number of aromatic nitrogens is 1. The minimum Gasteiger partial charge on any atom is -0.369 e. The van der Waals surface area contributed by atoms with Crippen molar-refractivity contribution in [2.45, 2.75) is 13.3 Å². The van der Waals surface area contributed by atoms with Crippen LogP contribution >= 0.6 is 27.7 Å². The molecular weight excluding hydrogens is 326 g/mol. The summed E-state index contributed by atoms with van der Waals surface area (Å²) in [6, 6.07) is 1.82. The number of pyridine rings is 1. The number of rotatable bonds is 7. The summed E-state index contributed by atoms with van der Waals surface area (Å²) in [4.78, 5) is 18.4. The van der Waals surface area contributed by atoms with Crippen molar-refractivity contribution >= 4 is 39.4 Å². The average molecular weight is 346 g/mol. The summed E-state index contributed by atoms with van der Waals surface area (Å²) in [5, 5.41) is 3.20. The Morgan fingerprint density at radius 3 is 2.95 bits per heavy atom. The summed E-state index contributed by atoms with van der Waals surface area (Å²) >= 11 is 5.10. The van der Waals surface area contributed by atoms with E-state index in [4.69, 9.17) is 0 Å². The number of nitrogens with zero attached hydrogens (tertiary/aromatic N) is 2. The van der Waals surface area contributed by atoms with Crippen LogP contribution < -0.4 is 5.32 Å². The molecule has 19 heavy (non-hydrogen) atoms. The highest BCUT2D eigenvalue weighted by molar-refractivity contribution is 9.10. The van der Waals surface area contributed by atoms with E-state index in [-0.39, 0.29) is 5.91 Å². The first-order chi connectivity index (χ1) is 9.10. The fourth-order valence-electron chi connectivity index (χ4n) is 1.52. The molecule has 0 spiro atoms. The monoisotopic (exact) mass is 345 g/mol. The molecule has 0 fully saturated rings. The van der Waals surface area contributed by atoms with Crippen LogP contribution in [-0.4, -0.2) is 47.9 Å². The third-order valence-electron chi connectivity index (χ3n) is 2.60. The summed E-state index contributed by atoms with van der Waals surface area (Å²) in [6.07, 6.45) is 4.73. The molecule has 4 nitrogen and oxygen atoms in total. The van der Waals surface area contributed by atoms with Gasteiger partial charge in [-0.25, -0.2) is 4.98 Å². The molecule has 0 aliphatic heterocycles. The van der Waals surface area contributed by atoms with E-state index in [0.717, 1.165) is 29.7 Å². The molecule has 0 saturated heterocycles. The van der Waals surface area contributed by atoms with E-state index < -0.39 is 0 Å². The molecule has 0 unspecified atom stereocenters. The highest BCUT2D eigenvalue weighted by Gasteiger charge is 2.17. The minimum absolute atomic E-state index is 0.00135. The van der Waals surface area contributed by atoms with E-state index in [2.05, 4.69) is 33.2 Å². The molecule has 1 heterocycles. The standard InChI is InChI=1S/C13H20BrN3OS/c1-4-5-15-12-11(8-10(14)9-16-12)13(18)17(2)6-7-19-3/h8-9H,4-7H2,1-3H3,(H,15,16). The fourth-order valence-corrected chi connectivity index (χ4v) is 2.31. The molecule has 0 saturated carbocycles. The van der Waals surface area contributed by atoms with Gasteiger partial charge in [0.25, 0.3) is 5.91 Å². The Bertz CT molecular complexity index is 428. The lowest BCUT2D eigenvalue weighted by Crippen LogP contribution is -2.29. The fraction of sp³-hybridized carbons (Fsp3) is 0.538. The van der Waals surface area contributed by atoms with Crippen LogP contribution in [0.15, 0.2) is 16.7 Å². The molecule has 0 atom stereocenters. The zero-order valence-corrected chi connectivity index (χ0v) is 14.0. The maximum absolute atomic E-state index is 12.4. The highest BCUT2D eigenvalue weighted by atomic mass is 79.9. The predicted molar refractivity (Wildman–Crippen MR) is 86.1 cm³/mol. The van der Waals surface area contributed by atoms with E-state index in [9.17, 15) is 4.79 Å². The number of anilines is 1. The van der Waals surface area contributed by atoms with Gasteiger partial charge in [-0.1, -0.05) is 6.92 Å². The molecule has 0 radical (unpaired) electrons. The van der Waals surface area contributed by atoms with Gasteiger partial charge < -0.3 is 10.2 Å². The molecule has 0 aliphatic rings. The van der Waals surface area contributed by atoms with Gasteiger partial charge in [0.05, 0.1) is 5.56 Å². The van der Waals surface area contributed by atoms with Crippen molar-refractivity contribution in [3.05, 3.63) is 22.3 Å². The van der Waals surface area contributed by atoms with Crippen LogP contribution in [0.25, 0.3) is 0 Å². The molecule has 0 bridgehead atoms. The largest absolute Gasteiger partial charge is 0.369 e. The van der Waals surface area contributed by atoms with Crippen molar-refractivity contribution in [1.82, 2.24) is 9.88 Å². The molecule has 106 valence electrons. The number of nitrogens with one attached hydrogen (secondary N) is 1. The molecule has 0 aromatic carbocycles. The lowest BCUT2D eigenvalue weighted by molar-refractivity contribution is 0.0804. The van der Waals surface area contributed by atoms with Gasteiger partial charge in [0.1, 0.15) is 5.82 Å². The molecule has 1 aromatic heterocycles. The maximum atomic E-state index is 12.4.